The molecule has 0 bridgehead atoms. The summed E-state index contributed by atoms with van der Waals surface area (Å²) in [6.45, 7) is 3.75. The third-order valence-electron chi connectivity index (χ3n) is 2.32. The van der Waals surface area contributed by atoms with E-state index in [-0.39, 0.29) is 11.7 Å². The summed E-state index contributed by atoms with van der Waals surface area (Å²) in [6.07, 6.45) is 6.00. The predicted molar refractivity (Wildman–Crippen MR) is 53.2 cm³/mol. The van der Waals surface area contributed by atoms with Gasteiger partial charge in [-0.15, -0.1) is 0 Å². The quantitative estimate of drug-likeness (QED) is 0.566. The average molecular weight is 181 g/mol. The van der Waals surface area contributed by atoms with Gasteiger partial charge >= 0.3 is 0 Å². The van der Waals surface area contributed by atoms with Crippen LogP contribution in [0.25, 0.3) is 0 Å². The Hall–Kier alpha value is -0.840. The Kier molecular flexibility index (Phi) is 7.29. The van der Waals surface area contributed by atoms with Crippen LogP contribution in [0.2, 0.25) is 0 Å². The fourth-order valence-electron chi connectivity index (χ4n) is 1.38. The van der Waals surface area contributed by atoms with Crippen molar-refractivity contribution in [3.63, 3.8) is 0 Å². The van der Waals surface area contributed by atoms with Crippen LogP contribution in [0.1, 0.15) is 52.4 Å². The number of unbranched alkanes of at least 4 members (excludes halogenated alkanes) is 3. The minimum atomic E-state index is -0.0122. The maximum absolute atomic E-state index is 11.0. The molecule has 74 valence electrons. The number of nitrogens with zero attached hydrogens (tertiary/aromatic N) is 1. The molecule has 0 saturated heterocycles. The second kappa shape index (κ2) is 7.79. The van der Waals surface area contributed by atoms with Crippen LogP contribution in [-0.4, -0.2) is 5.78 Å². The topological polar surface area (TPSA) is 40.9 Å². The van der Waals surface area contributed by atoms with E-state index >= 15 is 0 Å². The zero-order chi connectivity index (χ0) is 10.1. The van der Waals surface area contributed by atoms with Gasteiger partial charge in [0.25, 0.3) is 0 Å². The highest BCUT2D eigenvalue weighted by atomic mass is 16.1. The first-order chi connectivity index (χ1) is 6.22. The lowest BCUT2D eigenvalue weighted by molar-refractivity contribution is -0.120. The van der Waals surface area contributed by atoms with Crippen molar-refractivity contribution in [2.24, 2.45) is 5.92 Å². The van der Waals surface area contributed by atoms with Gasteiger partial charge in [0.05, 0.1) is 6.07 Å². The summed E-state index contributed by atoms with van der Waals surface area (Å²) in [6, 6.07) is 2.07. The predicted octanol–water partition coefficient (Wildman–Crippen LogP) is 3.08. The van der Waals surface area contributed by atoms with Crippen LogP contribution < -0.4 is 0 Å². The van der Waals surface area contributed by atoms with Gasteiger partial charge in [0.1, 0.15) is 5.78 Å². The van der Waals surface area contributed by atoms with Gasteiger partial charge in [0, 0.05) is 12.3 Å². The van der Waals surface area contributed by atoms with Crippen molar-refractivity contribution in [3.05, 3.63) is 0 Å². The lowest BCUT2D eigenvalue weighted by Crippen LogP contribution is -2.09. The smallest absolute Gasteiger partial charge is 0.133 e. The van der Waals surface area contributed by atoms with Gasteiger partial charge in [-0.25, -0.2) is 0 Å². The van der Waals surface area contributed by atoms with Gasteiger partial charge < -0.3 is 0 Å². The van der Waals surface area contributed by atoms with E-state index in [2.05, 4.69) is 13.0 Å². The highest BCUT2D eigenvalue weighted by molar-refractivity contribution is 5.78. The largest absolute Gasteiger partial charge is 0.300 e. The Morgan fingerprint density at radius 1 is 1.38 bits per heavy atom. The Morgan fingerprint density at radius 3 is 2.54 bits per heavy atom. The van der Waals surface area contributed by atoms with E-state index in [1.807, 2.05) is 0 Å². The minimum absolute atomic E-state index is 0.0122. The van der Waals surface area contributed by atoms with Gasteiger partial charge in [-0.05, 0) is 13.3 Å². The number of rotatable bonds is 7. The standard InChI is InChI=1S/C11H19NO/c1-3-4-5-6-7-11(8-9-12)10(2)13/h11H,3-8H2,1-2H3. The van der Waals surface area contributed by atoms with Crippen LogP contribution in [0.5, 0.6) is 0 Å². The Bertz CT molecular complexity index is 181. The van der Waals surface area contributed by atoms with Crippen molar-refractivity contribution in [1.29, 1.82) is 5.26 Å². The lowest BCUT2D eigenvalue weighted by Gasteiger charge is -2.08. The molecular weight excluding hydrogens is 162 g/mol. The molecule has 0 aliphatic heterocycles. The van der Waals surface area contributed by atoms with E-state index in [0.717, 1.165) is 12.8 Å². The molecule has 2 nitrogen and oxygen atoms in total. The maximum Gasteiger partial charge on any atom is 0.133 e. The first-order valence-corrected chi connectivity index (χ1v) is 5.09. The first-order valence-electron chi connectivity index (χ1n) is 5.09. The van der Waals surface area contributed by atoms with Crippen molar-refractivity contribution in [2.45, 2.75) is 52.4 Å². The van der Waals surface area contributed by atoms with Crippen molar-refractivity contribution >= 4 is 5.78 Å². The molecule has 0 N–H and O–H groups in total. The van der Waals surface area contributed by atoms with Crippen molar-refractivity contribution in [1.82, 2.24) is 0 Å². The fourth-order valence-corrected chi connectivity index (χ4v) is 1.38. The Balaban J connectivity index is 3.58. The van der Waals surface area contributed by atoms with E-state index in [1.165, 1.54) is 19.3 Å². The molecule has 0 heterocycles. The van der Waals surface area contributed by atoms with E-state index in [0.29, 0.717) is 6.42 Å². The molecule has 0 aromatic rings. The number of Topliss-reactive ketones (excluding diaryl/α,β-unsaturated/α-hetero) is 1. The number of hydrogen-bond acceptors (Lipinski definition) is 2. The van der Waals surface area contributed by atoms with Crippen LogP contribution in [-0.2, 0) is 4.79 Å². The molecule has 0 aliphatic carbocycles. The van der Waals surface area contributed by atoms with Gasteiger partial charge in [0.15, 0.2) is 0 Å². The average Bonchev–Trinajstić information content (AvgIpc) is 2.10. The summed E-state index contributed by atoms with van der Waals surface area (Å²) >= 11 is 0. The second-order valence-corrected chi connectivity index (χ2v) is 3.52. The molecule has 0 fully saturated rings. The first kappa shape index (κ1) is 12.2. The van der Waals surface area contributed by atoms with Crippen molar-refractivity contribution < 1.29 is 4.79 Å². The second-order valence-electron chi connectivity index (χ2n) is 3.52. The van der Waals surface area contributed by atoms with Gasteiger partial charge in [0.2, 0.25) is 0 Å². The van der Waals surface area contributed by atoms with E-state index in [1.54, 1.807) is 6.92 Å². The molecule has 0 spiro atoms. The highest BCUT2D eigenvalue weighted by Gasteiger charge is 2.12. The van der Waals surface area contributed by atoms with Gasteiger partial charge in [-0.1, -0.05) is 32.6 Å². The Morgan fingerprint density at radius 2 is 2.08 bits per heavy atom. The molecule has 0 aromatic heterocycles. The van der Waals surface area contributed by atoms with E-state index in [9.17, 15) is 4.79 Å². The number of ketones is 1. The molecule has 13 heavy (non-hydrogen) atoms. The minimum Gasteiger partial charge on any atom is -0.300 e. The van der Waals surface area contributed by atoms with Crippen molar-refractivity contribution in [3.8, 4) is 6.07 Å². The Labute approximate surface area is 80.9 Å². The molecule has 1 atom stereocenters. The molecule has 0 amide bonds. The molecule has 0 aliphatic rings. The number of carbonyl (C=O) groups is 1. The summed E-state index contributed by atoms with van der Waals surface area (Å²) in [4.78, 5) is 11.0. The van der Waals surface area contributed by atoms with Gasteiger partial charge in [-0.2, -0.15) is 5.26 Å². The summed E-state index contributed by atoms with van der Waals surface area (Å²) < 4.78 is 0. The van der Waals surface area contributed by atoms with Crippen LogP contribution in [0.4, 0.5) is 0 Å². The molecular formula is C11H19NO. The zero-order valence-corrected chi connectivity index (χ0v) is 8.68. The molecule has 2 heteroatoms. The molecule has 1 unspecified atom stereocenters. The summed E-state index contributed by atoms with van der Waals surface area (Å²) in [5.74, 6) is 0.153. The third-order valence-corrected chi connectivity index (χ3v) is 2.32. The lowest BCUT2D eigenvalue weighted by atomic mass is 9.95. The van der Waals surface area contributed by atoms with E-state index in [4.69, 9.17) is 5.26 Å². The fraction of sp³-hybridized carbons (Fsp3) is 0.818. The summed E-state index contributed by atoms with van der Waals surface area (Å²) in [5.41, 5.74) is 0. The third kappa shape index (κ3) is 6.33. The van der Waals surface area contributed by atoms with E-state index < -0.39 is 0 Å². The van der Waals surface area contributed by atoms with Crippen LogP contribution in [0.15, 0.2) is 0 Å². The normalized spacial score (nSPS) is 12.1. The molecule has 0 radical (unpaired) electrons. The zero-order valence-electron chi connectivity index (χ0n) is 8.68. The van der Waals surface area contributed by atoms with Crippen LogP contribution >= 0.6 is 0 Å². The number of carbonyl (C=O) groups excluding carboxylic acids is 1. The monoisotopic (exact) mass is 181 g/mol. The molecule has 0 saturated carbocycles. The van der Waals surface area contributed by atoms with Gasteiger partial charge in [-0.3, -0.25) is 4.79 Å². The molecule has 0 aromatic carbocycles. The van der Waals surface area contributed by atoms with Crippen LogP contribution in [0, 0.1) is 17.2 Å². The van der Waals surface area contributed by atoms with Crippen molar-refractivity contribution in [2.75, 3.05) is 0 Å². The number of nitriles is 1. The summed E-state index contributed by atoms with van der Waals surface area (Å²) in [5, 5.41) is 8.49. The highest BCUT2D eigenvalue weighted by Crippen LogP contribution is 2.14. The summed E-state index contributed by atoms with van der Waals surface area (Å²) in [7, 11) is 0. The molecule has 0 rings (SSSR count). The maximum atomic E-state index is 11.0. The number of hydrogen-bond donors (Lipinski definition) is 0. The SMILES string of the molecule is CCCCCCC(CC#N)C(C)=O. The van der Waals surface area contributed by atoms with Crippen LogP contribution in [0.3, 0.4) is 0 Å².